The molecule has 1 fully saturated rings. The summed E-state index contributed by atoms with van der Waals surface area (Å²) in [5.41, 5.74) is 2.11. The fourth-order valence-electron chi connectivity index (χ4n) is 3.17. The molecule has 0 aliphatic heterocycles. The van der Waals surface area contributed by atoms with Gasteiger partial charge < -0.3 is 4.57 Å². The molecule has 3 rings (SSSR count). The Morgan fingerprint density at radius 3 is 2.79 bits per heavy atom. The summed E-state index contributed by atoms with van der Waals surface area (Å²) in [6.07, 6.45) is 3.71. The van der Waals surface area contributed by atoms with Crippen LogP contribution in [0.25, 0.3) is 11.0 Å². The van der Waals surface area contributed by atoms with Crippen LogP contribution in [-0.4, -0.2) is 9.55 Å². The molecular formula is C15H18Cl2N2. The summed E-state index contributed by atoms with van der Waals surface area (Å²) in [5, 5.41) is 0.646. The average molecular weight is 297 g/mol. The van der Waals surface area contributed by atoms with Crippen LogP contribution >= 0.6 is 23.2 Å². The molecule has 2 aromatic rings. The first-order valence-corrected chi connectivity index (χ1v) is 7.69. The maximum Gasteiger partial charge on any atom is 0.127 e. The van der Waals surface area contributed by atoms with Crippen molar-refractivity contribution in [3.05, 3.63) is 29.0 Å². The van der Waals surface area contributed by atoms with E-state index in [9.17, 15) is 0 Å². The third kappa shape index (κ3) is 2.36. The normalized spacial score (nSPS) is 25.1. The average Bonchev–Trinajstić information content (AvgIpc) is 2.91. The van der Waals surface area contributed by atoms with Gasteiger partial charge in [0.25, 0.3) is 0 Å². The van der Waals surface area contributed by atoms with Gasteiger partial charge in [-0.15, -0.1) is 11.6 Å². The number of hydrogen-bond donors (Lipinski definition) is 0. The molecule has 4 heteroatoms. The Morgan fingerprint density at radius 2 is 2.16 bits per heavy atom. The van der Waals surface area contributed by atoms with E-state index in [2.05, 4.69) is 22.5 Å². The molecule has 1 aromatic heterocycles. The fraction of sp³-hybridized carbons (Fsp3) is 0.533. The second-order valence-electron chi connectivity index (χ2n) is 5.66. The van der Waals surface area contributed by atoms with Gasteiger partial charge in [-0.05, 0) is 50.3 Å². The fourth-order valence-corrected chi connectivity index (χ4v) is 3.49. The van der Waals surface area contributed by atoms with Gasteiger partial charge in [-0.3, -0.25) is 0 Å². The van der Waals surface area contributed by atoms with Gasteiger partial charge in [0.15, 0.2) is 0 Å². The van der Waals surface area contributed by atoms with Crippen LogP contribution in [0, 0.1) is 5.92 Å². The predicted molar refractivity (Wildman–Crippen MR) is 81.1 cm³/mol. The molecule has 3 atom stereocenters. The highest BCUT2D eigenvalue weighted by Gasteiger charge is 2.27. The van der Waals surface area contributed by atoms with Crippen LogP contribution in [-0.2, 0) is 0 Å². The monoisotopic (exact) mass is 296 g/mol. The quantitative estimate of drug-likeness (QED) is 0.683. The summed E-state index contributed by atoms with van der Waals surface area (Å²) in [4.78, 5) is 4.69. The first-order valence-electron chi connectivity index (χ1n) is 6.87. The van der Waals surface area contributed by atoms with Gasteiger partial charge in [-0.2, -0.15) is 0 Å². The minimum atomic E-state index is -0.0814. The summed E-state index contributed by atoms with van der Waals surface area (Å²) < 4.78 is 2.34. The summed E-state index contributed by atoms with van der Waals surface area (Å²) in [6, 6.07) is 6.45. The molecule has 19 heavy (non-hydrogen) atoms. The molecule has 2 nitrogen and oxygen atoms in total. The molecule has 1 aliphatic rings. The maximum absolute atomic E-state index is 6.32. The highest BCUT2D eigenvalue weighted by atomic mass is 35.5. The minimum Gasteiger partial charge on any atom is -0.324 e. The number of aromatic nitrogens is 2. The Morgan fingerprint density at radius 1 is 1.37 bits per heavy atom. The second-order valence-corrected chi connectivity index (χ2v) is 6.75. The highest BCUT2D eigenvalue weighted by molar-refractivity contribution is 6.31. The van der Waals surface area contributed by atoms with Crippen molar-refractivity contribution < 1.29 is 0 Å². The summed E-state index contributed by atoms with van der Waals surface area (Å²) in [5.74, 6) is 1.76. The van der Waals surface area contributed by atoms with E-state index in [4.69, 9.17) is 23.2 Å². The Hall–Kier alpha value is -0.730. The van der Waals surface area contributed by atoms with E-state index in [-0.39, 0.29) is 5.38 Å². The lowest BCUT2D eigenvalue weighted by Gasteiger charge is -2.17. The zero-order valence-electron chi connectivity index (χ0n) is 11.2. The molecule has 0 N–H and O–H groups in total. The van der Waals surface area contributed by atoms with Crippen LogP contribution in [0.3, 0.4) is 0 Å². The third-order valence-electron chi connectivity index (χ3n) is 4.07. The van der Waals surface area contributed by atoms with Crippen LogP contribution in [0.1, 0.15) is 50.4 Å². The van der Waals surface area contributed by atoms with E-state index < -0.39 is 0 Å². The van der Waals surface area contributed by atoms with Gasteiger partial charge in [-0.1, -0.05) is 18.5 Å². The van der Waals surface area contributed by atoms with Crippen molar-refractivity contribution in [2.45, 2.75) is 44.5 Å². The number of halogens is 2. The lowest BCUT2D eigenvalue weighted by molar-refractivity contribution is 0.488. The van der Waals surface area contributed by atoms with Crippen LogP contribution in [0.2, 0.25) is 5.02 Å². The number of alkyl halides is 1. The molecule has 1 aliphatic carbocycles. The number of imidazole rings is 1. The molecule has 3 unspecified atom stereocenters. The number of hydrogen-bond acceptors (Lipinski definition) is 1. The number of rotatable bonds is 2. The van der Waals surface area contributed by atoms with Crippen molar-refractivity contribution in [3.8, 4) is 0 Å². The van der Waals surface area contributed by atoms with E-state index >= 15 is 0 Å². The lowest BCUT2D eigenvalue weighted by Crippen LogP contribution is -2.10. The predicted octanol–water partition coefficient (Wildman–Crippen LogP) is 5.35. The van der Waals surface area contributed by atoms with Gasteiger partial charge in [-0.25, -0.2) is 4.98 Å². The molecule has 0 radical (unpaired) electrons. The maximum atomic E-state index is 6.32. The van der Waals surface area contributed by atoms with Crippen molar-refractivity contribution in [2.24, 2.45) is 5.92 Å². The summed E-state index contributed by atoms with van der Waals surface area (Å²) in [7, 11) is 0. The minimum absolute atomic E-state index is 0.0814. The zero-order valence-corrected chi connectivity index (χ0v) is 12.7. The standard InChI is InChI=1S/C15H18Cl2N2/c1-9-3-5-12(7-9)19-14-6-4-11(17)8-13(14)18-15(19)10(2)16/h4,6,8-10,12H,3,5,7H2,1-2H3. The molecule has 102 valence electrons. The zero-order chi connectivity index (χ0) is 13.6. The molecular weight excluding hydrogens is 279 g/mol. The molecule has 0 spiro atoms. The molecule has 1 heterocycles. The smallest absolute Gasteiger partial charge is 0.127 e. The van der Waals surface area contributed by atoms with Crippen molar-refractivity contribution in [1.82, 2.24) is 9.55 Å². The first kappa shape index (κ1) is 13.3. The van der Waals surface area contributed by atoms with Gasteiger partial charge >= 0.3 is 0 Å². The van der Waals surface area contributed by atoms with Gasteiger partial charge in [0.05, 0.1) is 16.4 Å². The SMILES string of the molecule is CC1CCC(n2c(C(C)Cl)nc3cc(Cl)ccc32)C1. The van der Waals surface area contributed by atoms with E-state index in [0.717, 1.165) is 27.8 Å². The largest absolute Gasteiger partial charge is 0.324 e. The van der Waals surface area contributed by atoms with Crippen LogP contribution in [0.15, 0.2) is 18.2 Å². The molecule has 0 saturated heterocycles. The van der Waals surface area contributed by atoms with Crippen LogP contribution in [0.5, 0.6) is 0 Å². The van der Waals surface area contributed by atoms with Crippen molar-refractivity contribution >= 4 is 34.2 Å². The summed E-state index contributed by atoms with van der Waals surface area (Å²) >= 11 is 12.4. The number of nitrogens with zero attached hydrogens (tertiary/aromatic N) is 2. The molecule has 1 saturated carbocycles. The third-order valence-corrected chi connectivity index (χ3v) is 4.50. The Kier molecular flexibility index (Phi) is 3.48. The Balaban J connectivity index is 2.16. The van der Waals surface area contributed by atoms with E-state index in [1.54, 1.807) is 0 Å². The highest BCUT2D eigenvalue weighted by Crippen LogP contribution is 2.39. The number of benzene rings is 1. The van der Waals surface area contributed by atoms with Crippen molar-refractivity contribution in [2.75, 3.05) is 0 Å². The summed E-state index contributed by atoms with van der Waals surface area (Å²) in [6.45, 7) is 4.30. The second kappa shape index (κ2) is 4.99. The molecule has 1 aromatic carbocycles. The molecule has 0 amide bonds. The van der Waals surface area contributed by atoms with Gasteiger partial charge in [0.2, 0.25) is 0 Å². The molecule has 0 bridgehead atoms. The van der Waals surface area contributed by atoms with Crippen LogP contribution in [0.4, 0.5) is 0 Å². The van der Waals surface area contributed by atoms with Crippen molar-refractivity contribution in [1.29, 1.82) is 0 Å². The Labute approximate surface area is 123 Å². The van der Waals surface area contributed by atoms with E-state index in [0.29, 0.717) is 6.04 Å². The van der Waals surface area contributed by atoms with E-state index in [1.165, 1.54) is 19.3 Å². The topological polar surface area (TPSA) is 17.8 Å². The first-order chi connectivity index (χ1) is 9.06. The number of fused-ring (bicyclic) bond motifs is 1. The van der Waals surface area contributed by atoms with Gasteiger partial charge in [0.1, 0.15) is 5.82 Å². The van der Waals surface area contributed by atoms with Crippen molar-refractivity contribution in [3.63, 3.8) is 0 Å². The van der Waals surface area contributed by atoms with E-state index in [1.807, 2.05) is 19.1 Å². The Bertz CT molecular complexity index is 603. The van der Waals surface area contributed by atoms with Gasteiger partial charge in [0, 0.05) is 11.1 Å². The van der Waals surface area contributed by atoms with Crippen LogP contribution < -0.4 is 0 Å². The lowest BCUT2D eigenvalue weighted by atomic mass is 10.1.